The average molecular weight is 485 g/mol. The van der Waals surface area contributed by atoms with Gasteiger partial charge >= 0.3 is 147 Å². The van der Waals surface area contributed by atoms with Crippen LogP contribution < -0.4 is 0 Å². The fourth-order valence-corrected chi connectivity index (χ4v) is 8.38. The third-order valence-electron chi connectivity index (χ3n) is 3.18. The molecule has 3 rings (SSSR count). The molecule has 0 bridgehead atoms. The first-order valence-corrected chi connectivity index (χ1v) is 12.1. The Kier molecular flexibility index (Phi) is 5.79. The molecule has 1 aromatic heterocycles. The molecule has 5 heteroatoms. The Labute approximate surface area is 145 Å². The summed E-state index contributed by atoms with van der Waals surface area (Å²) in [5.41, 5.74) is 0. The predicted octanol–water partition coefficient (Wildman–Crippen LogP) is 1.52. The van der Waals surface area contributed by atoms with Crippen LogP contribution in [0.5, 0.6) is 0 Å². The van der Waals surface area contributed by atoms with Crippen LogP contribution in [-0.2, 0) is 12.8 Å². The molecule has 2 atom stereocenters. The fraction of sp³-hybridized carbons (Fsp3) is 0.571. The molecule has 2 aliphatic rings. The molecule has 102 valence electrons. The molecular weight excluding hydrogens is 469 g/mol. The van der Waals surface area contributed by atoms with Gasteiger partial charge in [0.05, 0.1) is 0 Å². The molecule has 0 amide bonds. The van der Waals surface area contributed by atoms with Crippen LogP contribution in [0.25, 0.3) is 0 Å². The van der Waals surface area contributed by atoms with Crippen molar-refractivity contribution < 1.29 is 0 Å². The Morgan fingerprint density at radius 2 is 1.42 bits per heavy atom. The summed E-state index contributed by atoms with van der Waals surface area (Å²) in [5.74, 6) is 2.75. The van der Waals surface area contributed by atoms with Crippen molar-refractivity contribution in [3.05, 3.63) is 21.0 Å². The van der Waals surface area contributed by atoms with E-state index in [1.165, 1.54) is 37.2 Å². The van der Waals surface area contributed by atoms with E-state index in [9.17, 15) is 0 Å². The molecule has 1 aromatic rings. The number of hydrogen-bond donors (Lipinski definition) is 0. The molecule has 3 heterocycles. The molecule has 0 N–H and O–H groups in total. The Balaban J connectivity index is 1.47. The molecule has 0 spiro atoms. The average Bonchev–Trinajstić information content (AvgIpc) is 3.24. The Morgan fingerprint density at radius 1 is 1.00 bits per heavy atom. The maximum atomic E-state index is 3.30. The second-order valence-corrected chi connectivity index (χ2v) is 12.8. The van der Waals surface area contributed by atoms with Crippen molar-refractivity contribution in [2.24, 2.45) is 0 Å². The van der Waals surface area contributed by atoms with E-state index in [1.807, 2.05) is 0 Å². The Morgan fingerprint density at radius 3 is 1.79 bits per heavy atom. The van der Waals surface area contributed by atoms with E-state index in [1.54, 1.807) is 17.7 Å². The van der Waals surface area contributed by atoms with E-state index in [0.29, 0.717) is 14.5 Å². The second-order valence-electron chi connectivity index (χ2n) is 5.12. The molecule has 19 heavy (non-hydrogen) atoms. The third kappa shape index (κ3) is 5.64. The Bertz CT molecular complexity index is 444. The molecule has 2 aliphatic heterocycles. The summed E-state index contributed by atoms with van der Waals surface area (Å²) >= 11 is 11.4. The Hall–Kier alpha value is 1.48. The van der Waals surface area contributed by atoms with Gasteiger partial charge in [-0.05, 0) is 0 Å². The summed E-state index contributed by atoms with van der Waals surface area (Å²) in [6.45, 7) is 0. The van der Waals surface area contributed by atoms with Crippen molar-refractivity contribution in [1.82, 2.24) is 0 Å². The van der Waals surface area contributed by atoms with Crippen molar-refractivity contribution in [1.29, 1.82) is 0 Å². The summed E-state index contributed by atoms with van der Waals surface area (Å²) in [6.07, 6.45) is 5.01. The minimum atomic E-state index is 0.609. The zero-order valence-electron chi connectivity index (χ0n) is 10.6. The van der Waals surface area contributed by atoms with Crippen molar-refractivity contribution in [2.45, 2.75) is 36.2 Å². The van der Waals surface area contributed by atoms with Gasteiger partial charge in [0.1, 0.15) is 0 Å². The summed E-state index contributed by atoms with van der Waals surface area (Å²) < 4.78 is 6.46. The number of rotatable bonds is 8. The van der Waals surface area contributed by atoms with Crippen LogP contribution in [-0.4, -0.2) is 76.5 Å². The molecule has 0 nitrogen and oxygen atoms in total. The number of hydrogen-bond acceptors (Lipinski definition) is 2. The van der Waals surface area contributed by atoms with Gasteiger partial charge in [-0.2, -0.15) is 0 Å². The van der Waals surface area contributed by atoms with Gasteiger partial charge in [-0.15, -0.1) is 0 Å². The molecule has 0 radical (unpaired) electrons. The first-order chi connectivity index (χ1) is 9.19. The van der Waals surface area contributed by atoms with E-state index in [0.717, 1.165) is 10.5 Å². The van der Waals surface area contributed by atoms with Gasteiger partial charge in [0, 0.05) is 0 Å². The summed E-state index contributed by atoms with van der Waals surface area (Å²) in [7, 11) is 0. The zero-order valence-corrected chi connectivity index (χ0v) is 17.4. The minimum absolute atomic E-state index is 0.609. The monoisotopic (exact) mass is 488 g/mol. The van der Waals surface area contributed by atoms with Crippen LogP contribution in [0.4, 0.5) is 0 Å². The van der Waals surface area contributed by atoms with Crippen LogP contribution in [0.2, 0.25) is 0 Å². The first-order valence-electron chi connectivity index (χ1n) is 6.53. The van der Waals surface area contributed by atoms with Gasteiger partial charge in [-0.1, -0.05) is 0 Å². The summed E-state index contributed by atoms with van der Waals surface area (Å²) in [6, 6.07) is 4.76. The van der Waals surface area contributed by atoms with Crippen LogP contribution in [0.15, 0.2) is 12.1 Å². The van der Waals surface area contributed by atoms with Crippen LogP contribution in [0, 0.1) is 0 Å². The third-order valence-corrected chi connectivity index (χ3v) is 8.70. The van der Waals surface area contributed by atoms with Crippen molar-refractivity contribution in [3.8, 4) is 0 Å². The first kappa shape index (κ1) is 15.4. The van der Waals surface area contributed by atoms with E-state index < -0.39 is 0 Å². The van der Waals surface area contributed by atoms with Gasteiger partial charge in [0.25, 0.3) is 0 Å². The van der Waals surface area contributed by atoms with Gasteiger partial charge in [-0.3, -0.25) is 0 Å². The summed E-state index contributed by atoms with van der Waals surface area (Å²) in [4.78, 5) is 0. The van der Waals surface area contributed by atoms with Gasteiger partial charge in [0.15, 0.2) is 0 Å². The fourth-order valence-electron chi connectivity index (χ4n) is 2.02. The molecule has 0 aromatic carbocycles. The predicted molar refractivity (Wildman–Crippen MR) is 94.0 cm³/mol. The van der Waals surface area contributed by atoms with Crippen LogP contribution in [0.3, 0.4) is 0 Å². The van der Waals surface area contributed by atoms with Crippen molar-refractivity contribution >= 4 is 78.0 Å². The zero-order chi connectivity index (χ0) is 13.2. The maximum absolute atomic E-state index is 3.30. The molecule has 2 unspecified atom stereocenters. The standard InChI is InChI=1S/C14H16S2Se3/c17-11(3-9-7-15-9)5-13-1-2-14(19-13)6-12(18)4-10-8-16-10/h1-2,9-10H,3-8H2. The van der Waals surface area contributed by atoms with Gasteiger partial charge < -0.3 is 0 Å². The van der Waals surface area contributed by atoms with E-state index >= 15 is 0 Å². The molecule has 2 saturated heterocycles. The van der Waals surface area contributed by atoms with Gasteiger partial charge in [0.2, 0.25) is 0 Å². The second kappa shape index (κ2) is 7.16. The molecule has 2 fully saturated rings. The molecular formula is C14H16S2Se3. The SMILES string of the molecule is [Se]=C(Cc1ccc(CC(=[Se])CC2CS2)[se]1)CC1CS1. The molecule has 0 saturated carbocycles. The van der Waals surface area contributed by atoms with Gasteiger partial charge in [-0.25, -0.2) is 0 Å². The van der Waals surface area contributed by atoms with E-state index in [4.69, 9.17) is 0 Å². The van der Waals surface area contributed by atoms with Crippen molar-refractivity contribution in [2.75, 3.05) is 11.5 Å². The quantitative estimate of drug-likeness (QED) is 0.405. The number of thioether (sulfide) groups is 2. The topological polar surface area (TPSA) is 0 Å². The van der Waals surface area contributed by atoms with Crippen LogP contribution >= 0.6 is 23.5 Å². The summed E-state index contributed by atoms with van der Waals surface area (Å²) in [5, 5.41) is 1.86. The molecule has 0 aliphatic carbocycles. The van der Waals surface area contributed by atoms with Crippen LogP contribution in [0.1, 0.15) is 21.7 Å². The normalized spacial score (nSPS) is 24.2. The van der Waals surface area contributed by atoms with E-state index in [-0.39, 0.29) is 0 Å². The van der Waals surface area contributed by atoms with Crippen molar-refractivity contribution in [3.63, 3.8) is 0 Å². The van der Waals surface area contributed by atoms with E-state index in [2.05, 4.69) is 66.8 Å².